The van der Waals surface area contributed by atoms with Crippen molar-refractivity contribution in [1.29, 1.82) is 5.26 Å². The molecule has 0 atom stereocenters. The molecule has 6 nitrogen and oxygen atoms in total. The van der Waals surface area contributed by atoms with E-state index in [2.05, 4.69) is 16.4 Å². The first-order valence-corrected chi connectivity index (χ1v) is 9.43. The molecule has 1 aliphatic rings. The van der Waals surface area contributed by atoms with Crippen LogP contribution in [0.4, 0.5) is 10.1 Å². The van der Waals surface area contributed by atoms with Crippen molar-refractivity contribution in [2.75, 3.05) is 24.3 Å². The Labute approximate surface area is 164 Å². The van der Waals surface area contributed by atoms with E-state index in [4.69, 9.17) is 9.47 Å². The molecule has 0 saturated carbocycles. The average molecular weight is 395 g/mol. The fourth-order valence-corrected chi connectivity index (χ4v) is 3.51. The quantitative estimate of drug-likeness (QED) is 0.678. The predicted octanol–water partition coefficient (Wildman–Crippen LogP) is 3.75. The third kappa shape index (κ3) is 3.85. The number of nitriles is 1. The summed E-state index contributed by atoms with van der Waals surface area (Å²) in [5, 5.41) is 13.4. The Hall–Kier alpha value is -3.31. The molecule has 4 rings (SSSR count). The molecule has 0 fully saturated rings. The van der Waals surface area contributed by atoms with Crippen LogP contribution in [0.3, 0.4) is 0 Å². The summed E-state index contributed by atoms with van der Waals surface area (Å²) in [4.78, 5) is 16.7. The van der Waals surface area contributed by atoms with E-state index in [1.807, 2.05) is 0 Å². The summed E-state index contributed by atoms with van der Waals surface area (Å²) in [6.45, 7) is 0.952. The third-order valence-corrected chi connectivity index (χ3v) is 5.02. The van der Waals surface area contributed by atoms with Crippen molar-refractivity contribution >= 4 is 34.3 Å². The molecule has 1 aromatic heterocycles. The number of thioether (sulfide) groups is 1. The van der Waals surface area contributed by atoms with Gasteiger partial charge in [0.2, 0.25) is 5.91 Å². The summed E-state index contributed by atoms with van der Waals surface area (Å²) in [5.74, 6) is 0.659. The second-order valence-corrected chi connectivity index (χ2v) is 6.95. The van der Waals surface area contributed by atoms with Crippen molar-refractivity contribution in [3.8, 4) is 17.6 Å². The van der Waals surface area contributed by atoms with Crippen LogP contribution in [0, 0.1) is 17.1 Å². The molecule has 0 saturated heterocycles. The average Bonchev–Trinajstić information content (AvgIpc) is 2.71. The highest BCUT2D eigenvalue weighted by molar-refractivity contribution is 8.00. The highest BCUT2D eigenvalue weighted by Crippen LogP contribution is 2.35. The molecule has 0 spiro atoms. The molecule has 8 heteroatoms. The fraction of sp³-hybridized carbons (Fsp3) is 0.150. The van der Waals surface area contributed by atoms with Gasteiger partial charge in [-0.05, 0) is 36.4 Å². The number of hydrogen-bond donors (Lipinski definition) is 1. The largest absolute Gasteiger partial charge is 0.486 e. The van der Waals surface area contributed by atoms with E-state index in [9.17, 15) is 14.4 Å². The number of nitrogens with zero attached hydrogens (tertiary/aromatic N) is 2. The fourth-order valence-electron chi connectivity index (χ4n) is 2.75. The Bertz CT molecular complexity index is 1100. The molecule has 1 aliphatic heterocycles. The van der Waals surface area contributed by atoms with Gasteiger partial charge >= 0.3 is 0 Å². The number of carbonyl (C=O) groups is 1. The summed E-state index contributed by atoms with van der Waals surface area (Å²) in [5.41, 5.74) is 1.54. The zero-order valence-electron chi connectivity index (χ0n) is 14.6. The summed E-state index contributed by atoms with van der Waals surface area (Å²) in [6.07, 6.45) is 0. The van der Waals surface area contributed by atoms with Gasteiger partial charge in [-0.3, -0.25) is 4.79 Å². The molecule has 3 aromatic rings. The van der Waals surface area contributed by atoms with Crippen LogP contribution in [0.25, 0.3) is 10.9 Å². The van der Waals surface area contributed by atoms with Crippen LogP contribution in [0.15, 0.2) is 47.5 Å². The summed E-state index contributed by atoms with van der Waals surface area (Å²) < 4.78 is 24.1. The van der Waals surface area contributed by atoms with Crippen molar-refractivity contribution in [2.24, 2.45) is 0 Å². The SMILES string of the molecule is N#Cc1cc2cc3c(cc2nc1SCC(=O)Nc1ccc(F)cc1)OCCO3. The van der Waals surface area contributed by atoms with Gasteiger partial charge in [-0.2, -0.15) is 5.26 Å². The van der Waals surface area contributed by atoms with E-state index in [1.54, 1.807) is 18.2 Å². The lowest BCUT2D eigenvalue weighted by atomic mass is 10.1. The zero-order valence-corrected chi connectivity index (χ0v) is 15.4. The number of rotatable bonds is 4. The molecule has 0 unspecified atom stereocenters. The molecule has 2 heterocycles. The number of pyridine rings is 1. The van der Waals surface area contributed by atoms with Gasteiger partial charge in [-0.15, -0.1) is 0 Å². The Morgan fingerprint density at radius 3 is 2.61 bits per heavy atom. The Morgan fingerprint density at radius 1 is 1.18 bits per heavy atom. The molecule has 140 valence electrons. The van der Waals surface area contributed by atoms with E-state index in [0.717, 1.165) is 17.1 Å². The normalized spacial score (nSPS) is 12.4. The lowest BCUT2D eigenvalue weighted by Gasteiger charge is -2.18. The molecule has 1 N–H and O–H groups in total. The van der Waals surface area contributed by atoms with Crippen molar-refractivity contribution in [2.45, 2.75) is 5.03 Å². The minimum atomic E-state index is -0.372. The van der Waals surface area contributed by atoms with Crippen LogP contribution in [0.1, 0.15) is 5.56 Å². The number of anilines is 1. The molecule has 0 aliphatic carbocycles. The number of hydrogen-bond acceptors (Lipinski definition) is 6. The first-order valence-electron chi connectivity index (χ1n) is 8.45. The van der Waals surface area contributed by atoms with Gasteiger partial charge in [-0.25, -0.2) is 9.37 Å². The summed E-state index contributed by atoms with van der Waals surface area (Å²) in [6, 6.07) is 12.9. The maximum Gasteiger partial charge on any atom is 0.234 e. The summed E-state index contributed by atoms with van der Waals surface area (Å²) in [7, 11) is 0. The van der Waals surface area contributed by atoms with Gasteiger partial charge in [0.05, 0.1) is 16.8 Å². The van der Waals surface area contributed by atoms with Crippen LogP contribution in [-0.2, 0) is 4.79 Å². The van der Waals surface area contributed by atoms with Gasteiger partial charge in [0, 0.05) is 17.1 Å². The van der Waals surface area contributed by atoms with Gasteiger partial charge in [0.1, 0.15) is 30.1 Å². The number of halogens is 1. The number of ether oxygens (including phenoxy) is 2. The van der Waals surface area contributed by atoms with E-state index >= 15 is 0 Å². The zero-order chi connectivity index (χ0) is 19.5. The van der Waals surface area contributed by atoms with Crippen LogP contribution in [0.2, 0.25) is 0 Å². The molecule has 28 heavy (non-hydrogen) atoms. The minimum absolute atomic E-state index is 0.0646. The van der Waals surface area contributed by atoms with Crippen molar-refractivity contribution in [1.82, 2.24) is 4.98 Å². The van der Waals surface area contributed by atoms with Gasteiger partial charge in [0.15, 0.2) is 11.5 Å². The van der Waals surface area contributed by atoms with Crippen LogP contribution in [0.5, 0.6) is 11.5 Å². The van der Waals surface area contributed by atoms with Gasteiger partial charge < -0.3 is 14.8 Å². The molecular formula is C20H14FN3O3S. The van der Waals surface area contributed by atoms with E-state index in [1.165, 1.54) is 24.3 Å². The van der Waals surface area contributed by atoms with Gasteiger partial charge in [-0.1, -0.05) is 11.8 Å². The lowest BCUT2D eigenvalue weighted by Crippen LogP contribution is -2.15. The monoisotopic (exact) mass is 395 g/mol. The number of benzene rings is 2. The maximum absolute atomic E-state index is 12.9. The van der Waals surface area contributed by atoms with E-state index in [0.29, 0.717) is 46.5 Å². The van der Waals surface area contributed by atoms with E-state index < -0.39 is 0 Å². The number of amides is 1. The first kappa shape index (κ1) is 18.1. The number of fused-ring (bicyclic) bond motifs is 2. The number of aromatic nitrogens is 1. The summed E-state index contributed by atoms with van der Waals surface area (Å²) >= 11 is 1.16. The maximum atomic E-state index is 12.9. The standard InChI is InChI=1S/C20H14FN3O3S/c21-14-1-3-15(4-2-14)23-19(25)11-28-20-13(10-22)7-12-8-17-18(9-16(12)24-20)27-6-5-26-17/h1-4,7-9H,5-6,11H2,(H,23,25). The first-order chi connectivity index (χ1) is 13.6. The molecule has 2 aromatic carbocycles. The second kappa shape index (κ2) is 7.74. The van der Waals surface area contributed by atoms with Crippen LogP contribution < -0.4 is 14.8 Å². The molecule has 0 bridgehead atoms. The molecular weight excluding hydrogens is 381 g/mol. The molecule has 1 amide bonds. The number of nitrogens with one attached hydrogen (secondary N) is 1. The third-order valence-electron chi connectivity index (χ3n) is 4.03. The van der Waals surface area contributed by atoms with Crippen LogP contribution >= 0.6 is 11.8 Å². The number of carbonyl (C=O) groups excluding carboxylic acids is 1. The van der Waals surface area contributed by atoms with Gasteiger partial charge in [0.25, 0.3) is 0 Å². The van der Waals surface area contributed by atoms with Crippen molar-refractivity contribution < 1.29 is 18.7 Å². The van der Waals surface area contributed by atoms with Crippen molar-refractivity contribution in [3.05, 3.63) is 53.8 Å². The Morgan fingerprint density at radius 2 is 1.89 bits per heavy atom. The predicted molar refractivity (Wildman–Crippen MR) is 103 cm³/mol. The topological polar surface area (TPSA) is 84.2 Å². The lowest BCUT2D eigenvalue weighted by molar-refractivity contribution is -0.113. The smallest absolute Gasteiger partial charge is 0.234 e. The second-order valence-electron chi connectivity index (χ2n) is 5.99. The molecule has 0 radical (unpaired) electrons. The van der Waals surface area contributed by atoms with E-state index in [-0.39, 0.29) is 17.5 Å². The Balaban J connectivity index is 1.53. The highest BCUT2D eigenvalue weighted by atomic mass is 32.2. The highest BCUT2D eigenvalue weighted by Gasteiger charge is 2.16. The Kier molecular flexibility index (Phi) is 5.00. The van der Waals surface area contributed by atoms with Crippen LogP contribution in [-0.4, -0.2) is 29.9 Å². The van der Waals surface area contributed by atoms with Crippen molar-refractivity contribution in [3.63, 3.8) is 0 Å². The minimum Gasteiger partial charge on any atom is -0.486 e.